The van der Waals surface area contributed by atoms with Gasteiger partial charge in [-0.05, 0) is 61.4 Å². The quantitative estimate of drug-likeness (QED) is 0.554. The third-order valence-electron chi connectivity index (χ3n) is 3.47. The number of aryl methyl sites for hydroxylation is 2. The van der Waals surface area contributed by atoms with Crippen LogP contribution in [-0.2, 0) is 4.57 Å². The van der Waals surface area contributed by atoms with Crippen molar-refractivity contribution in [1.82, 2.24) is 0 Å². The molecule has 0 spiro atoms. The van der Waals surface area contributed by atoms with Gasteiger partial charge in [-0.1, -0.05) is 42.5 Å². The molecule has 0 aliphatic rings. The van der Waals surface area contributed by atoms with Crippen molar-refractivity contribution in [1.29, 1.82) is 0 Å². The Labute approximate surface area is 148 Å². The summed E-state index contributed by atoms with van der Waals surface area (Å²) in [6.45, 7) is 3.90. The van der Waals surface area contributed by atoms with Crippen LogP contribution in [0.2, 0.25) is 0 Å². The third-order valence-corrected chi connectivity index (χ3v) is 4.90. The molecule has 0 radical (unpaired) electrons. The van der Waals surface area contributed by atoms with Gasteiger partial charge in [0.05, 0.1) is 0 Å². The van der Waals surface area contributed by atoms with Gasteiger partial charge in [0.25, 0.3) is 0 Å². The van der Waals surface area contributed by atoms with E-state index in [1.807, 2.05) is 80.6 Å². The van der Waals surface area contributed by atoms with E-state index in [0.29, 0.717) is 17.2 Å². The van der Waals surface area contributed by atoms with Gasteiger partial charge in [-0.3, -0.25) is 5.09 Å². The molecule has 128 valence electrons. The van der Waals surface area contributed by atoms with E-state index in [9.17, 15) is 4.57 Å². The van der Waals surface area contributed by atoms with Gasteiger partial charge in [0.2, 0.25) is 0 Å². The SMILES string of the molecule is Cc1cccc(OP(=O)(Nc2ccccc2)Oc2cccc(C)c2)c1. The number of anilines is 1. The lowest BCUT2D eigenvalue weighted by molar-refractivity contribution is 0.392. The van der Waals surface area contributed by atoms with Crippen molar-refractivity contribution in [2.24, 2.45) is 0 Å². The van der Waals surface area contributed by atoms with Gasteiger partial charge in [-0.2, -0.15) is 0 Å². The predicted octanol–water partition coefficient (Wildman–Crippen LogP) is 5.98. The van der Waals surface area contributed by atoms with Crippen LogP contribution in [0.1, 0.15) is 11.1 Å². The number of hydrogen-bond acceptors (Lipinski definition) is 3. The fourth-order valence-electron chi connectivity index (χ4n) is 2.36. The molecule has 3 rings (SSSR count). The maximum atomic E-state index is 13.4. The van der Waals surface area contributed by atoms with E-state index < -0.39 is 7.75 Å². The minimum atomic E-state index is -3.67. The van der Waals surface area contributed by atoms with Crippen LogP contribution in [0.5, 0.6) is 11.5 Å². The molecule has 25 heavy (non-hydrogen) atoms. The van der Waals surface area contributed by atoms with E-state index in [1.165, 1.54) is 0 Å². The average Bonchev–Trinajstić information content (AvgIpc) is 2.55. The van der Waals surface area contributed by atoms with Crippen LogP contribution in [0.4, 0.5) is 5.69 Å². The Balaban J connectivity index is 1.90. The second kappa shape index (κ2) is 7.45. The zero-order valence-electron chi connectivity index (χ0n) is 14.2. The molecule has 0 unspecified atom stereocenters. The summed E-state index contributed by atoms with van der Waals surface area (Å²) < 4.78 is 24.9. The Morgan fingerprint density at radius 2 is 1.24 bits per heavy atom. The smallest absolute Gasteiger partial charge is 0.400 e. The molecule has 0 atom stereocenters. The second-order valence-corrected chi connectivity index (χ2v) is 7.37. The lowest BCUT2D eigenvalue weighted by Gasteiger charge is -2.21. The number of hydrogen-bond donors (Lipinski definition) is 1. The van der Waals surface area contributed by atoms with Crippen molar-refractivity contribution in [2.45, 2.75) is 13.8 Å². The van der Waals surface area contributed by atoms with E-state index in [1.54, 1.807) is 12.1 Å². The topological polar surface area (TPSA) is 47.6 Å². The van der Waals surface area contributed by atoms with Crippen molar-refractivity contribution in [3.8, 4) is 11.5 Å². The van der Waals surface area contributed by atoms with Crippen molar-refractivity contribution in [2.75, 3.05) is 5.09 Å². The highest BCUT2D eigenvalue weighted by atomic mass is 31.2. The van der Waals surface area contributed by atoms with Gasteiger partial charge in [0.1, 0.15) is 11.5 Å². The van der Waals surface area contributed by atoms with Crippen LogP contribution in [0.15, 0.2) is 78.9 Å². The summed E-state index contributed by atoms with van der Waals surface area (Å²) in [5, 5.41) is 2.90. The highest BCUT2D eigenvalue weighted by Crippen LogP contribution is 2.48. The van der Waals surface area contributed by atoms with E-state index in [-0.39, 0.29) is 0 Å². The van der Waals surface area contributed by atoms with Crippen LogP contribution in [0.25, 0.3) is 0 Å². The Hall–Kier alpha value is -2.71. The summed E-state index contributed by atoms with van der Waals surface area (Å²) in [6, 6.07) is 24.0. The molecule has 0 aliphatic heterocycles. The molecule has 4 nitrogen and oxygen atoms in total. The normalized spacial score (nSPS) is 11.0. The lowest BCUT2D eigenvalue weighted by Crippen LogP contribution is -2.10. The largest absolute Gasteiger partial charge is 0.541 e. The molecule has 5 heteroatoms. The van der Waals surface area contributed by atoms with Gasteiger partial charge in [-0.25, -0.2) is 4.57 Å². The lowest BCUT2D eigenvalue weighted by atomic mass is 10.2. The van der Waals surface area contributed by atoms with E-state index >= 15 is 0 Å². The molecule has 0 saturated heterocycles. The number of nitrogens with one attached hydrogen (secondary N) is 1. The number of rotatable bonds is 6. The minimum absolute atomic E-state index is 0.486. The summed E-state index contributed by atoms with van der Waals surface area (Å²) in [5.41, 5.74) is 2.68. The Morgan fingerprint density at radius 1 is 0.720 bits per heavy atom. The monoisotopic (exact) mass is 353 g/mol. The molecule has 3 aromatic rings. The first-order chi connectivity index (χ1) is 12.0. The average molecular weight is 353 g/mol. The maximum Gasteiger partial charge on any atom is 0.541 e. The zero-order chi connectivity index (χ0) is 17.7. The minimum Gasteiger partial charge on any atom is -0.400 e. The fourth-order valence-corrected chi connectivity index (χ4v) is 3.73. The Kier molecular flexibility index (Phi) is 5.11. The van der Waals surface area contributed by atoms with E-state index in [0.717, 1.165) is 11.1 Å². The van der Waals surface area contributed by atoms with Gasteiger partial charge < -0.3 is 9.05 Å². The summed E-state index contributed by atoms with van der Waals surface area (Å²) in [7, 11) is -3.67. The Morgan fingerprint density at radius 3 is 1.72 bits per heavy atom. The fraction of sp³-hybridized carbons (Fsp3) is 0.100. The van der Waals surface area contributed by atoms with E-state index in [2.05, 4.69) is 5.09 Å². The summed E-state index contributed by atoms with van der Waals surface area (Å²) in [5.74, 6) is 0.971. The molecular weight excluding hydrogens is 333 g/mol. The van der Waals surface area contributed by atoms with E-state index in [4.69, 9.17) is 9.05 Å². The van der Waals surface area contributed by atoms with Crippen molar-refractivity contribution in [3.05, 3.63) is 90.0 Å². The highest BCUT2D eigenvalue weighted by molar-refractivity contribution is 7.56. The predicted molar refractivity (Wildman–Crippen MR) is 101 cm³/mol. The molecule has 1 N–H and O–H groups in total. The van der Waals surface area contributed by atoms with Crippen molar-refractivity contribution >= 4 is 13.4 Å². The summed E-state index contributed by atoms with van der Waals surface area (Å²) in [6.07, 6.45) is 0. The molecule has 3 aromatic carbocycles. The molecular formula is C20H20NO3P. The molecule has 0 saturated carbocycles. The number of para-hydroxylation sites is 1. The van der Waals surface area contributed by atoms with Gasteiger partial charge >= 0.3 is 7.75 Å². The summed E-state index contributed by atoms with van der Waals surface area (Å²) in [4.78, 5) is 0. The number of benzene rings is 3. The first kappa shape index (κ1) is 17.1. The molecule has 0 bridgehead atoms. The third kappa shape index (κ3) is 4.88. The van der Waals surface area contributed by atoms with Crippen molar-refractivity contribution in [3.63, 3.8) is 0 Å². The van der Waals surface area contributed by atoms with Crippen LogP contribution in [0.3, 0.4) is 0 Å². The maximum absolute atomic E-state index is 13.4. The van der Waals surface area contributed by atoms with Crippen LogP contribution in [-0.4, -0.2) is 0 Å². The highest BCUT2D eigenvalue weighted by Gasteiger charge is 2.29. The standard InChI is InChI=1S/C20H20NO3P/c1-16-8-6-12-19(14-16)23-25(22,21-18-10-4-3-5-11-18)24-20-13-7-9-17(2)15-20/h3-15H,1-2H3,(H,21,22). The molecule has 0 fully saturated rings. The Bertz CT molecular complexity index is 845. The zero-order valence-corrected chi connectivity index (χ0v) is 15.1. The van der Waals surface area contributed by atoms with Crippen LogP contribution >= 0.6 is 7.75 Å². The second-order valence-electron chi connectivity index (χ2n) is 5.79. The van der Waals surface area contributed by atoms with Crippen molar-refractivity contribution < 1.29 is 13.6 Å². The van der Waals surface area contributed by atoms with Crippen LogP contribution in [0, 0.1) is 13.8 Å². The van der Waals surface area contributed by atoms with Gasteiger partial charge in [-0.15, -0.1) is 0 Å². The molecule has 0 amide bonds. The first-order valence-corrected chi connectivity index (χ1v) is 9.53. The molecule has 0 aromatic heterocycles. The van der Waals surface area contributed by atoms with Gasteiger partial charge in [0, 0.05) is 5.69 Å². The summed E-state index contributed by atoms with van der Waals surface area (Å²) >= 11 is 0. The van der Waals surface area contributed by atoms with Crippen LogP contribution < -0.4 is 14.1 Å². The first-order valence-electron chi connectivity index (χ1n) is 7.98. The van der Waals surface area contributed by atoms with Gasteiger partial charge in [0.15, 0.2) is 0 Å². The molecule has 0 aliphatic carbocycles. The molecule has 0 heterocycles.